The number of carbonyl (C=O) groups excluding carboxylic acids is 1. The third-order valence-electron chi connectivity index (χ3n) is 3.82. The van der Waals surface area contributed by atoms with Gasteiger partial charge >= 0.3 is 5.97 Å². The molecule has 1 aliphatic carbocycles. The average Bonchev–Trinajstić information content (AvgIpc) is 3.07. The lowest BCUT2D eigenvalue weighted by Crippen LogP contribution is -2.40. The smallest absolute Gasteiger partial charge is 0.310 e. The minimum Gasteiger partial charge on any atom is -0.469 e. The molecule has 0 amide bonds. The molecule has 1 heterocycles. The monoisotopic (exact) mass is 332 g/mol. The Labute approximate surface area is 129 Å². The highest BCUT2D eigenvalue weighted by atomic mass is 32.2. The van der Waals surface area contributed by atoms with Crippen LogP contribution in [-0.2, 0) is 26.1 Å². The van der Waals surface area contributed by atoms with Crippen LogP contribution in [0.2, 0.25) is 0 Å². The molecule has 1 saturated carbocycles. The number of esters is 1. The summed E-state index contributed by atoms with van der Waals surface area (Å²) in [4.78, 5) is 16.8. The summed E-state index contributed by atoms with van der Waals surface area (Å²) in [5, 5.41) is 0.230. The summed E-state index contributed by atoms with van der Waals surface area (Å²) in [5.41, 5.74) is 0. The lowest BCUT2D eigenvalue weighted by Gasteiger charge is -2.24. The maximum atomic E-state index is 12.7. The number of nitrogens with zero attached hydrogens (tertiary/aromatic N) is 2. The largest absolute Gasteiger partial charge is 0.469 e. The number of methoxy groups -OCH3 is 1. The highest BCUT2D eigenvalue weighted by Crippen LogP contribution is 2.34. The van der Waals surface area contributed by atoms with Crippen molar-refractivity contribution in [3.05, 3.63) is 16.1 Å². The molecule has 0 saturated heterocycles. The molecule has 1 aliphatic rings. The first-order chi connectivity index (χ1) is 9.86. The molecule has 1 aromatic heterocycles. The normalized spacial score (nSPS) is 22.7. The van der Waals surface area contributed by atoms with E-state index in [0.29, 0.717) is 12.8 Å². The van der Waals surface area contributed by atoms with E-state index in [9.17, 15) is 13.2 Å². The average molecular weight is 332 g/mol. The molecule has 2 unspecified atom stereocenters. The van der Waals surface area contributed by atoms with Crippen molar-refractivity contribution in [1.29, 1.82) is 0 Å². The fourth-order valence-electron chi connectivity index (χ4n) is 2.72. The summed E-state index contributed by atoms with van der Waals surface area (Å²) in [6.07, 6.45) is 3.51. The number of aromatic nitrogens is 1. The second kappa shape index (κ2) is 6.41. The molecule has 8 heteroatoms. The molecular formula is C13H20N2O4S2. The van der Waals surface area contributed by atoms with E-state index in [4.69, 9.17) is 4.74 Å². The van der Waals surface area contributed by atoms with Crippen LogP contribution in [0.4, 0.5) is 0 Å². The van der Waals surface area contributed by atoms with Gasteiger partial charge in [0.15, 0.2) is 0 Å². The predicted octanol–water partition coefficient (Wildman–Crippen LogP) is 1.55. The molecule has 0 N–H and O–H groups in total. The third-order valence-corrected chi connectivity index (χ3v) is 7.05. The number of hydrogen-bond acceptors (Lipinski definition) is 6. The number of rotatable bonds is 5. The van der Waals surface area contributed by atoms with E-state index < -0.39 is 27.2 Å². The minimum absolute atomic E-state index is 0.290. The summed E-state index contributed by atoms with van der Waals surface area (Å²) in [7, 11) is -0.668. The van der Waals surface area contributed by atoms with Gasteiger partial charge in [-0.25, -0.2) is 13.4 Å². The van der Waals surface area contributed by atoms with Crippen LogP contribution in [-0.4, -0.2) is 43.1 Å². The zero-order chi connectivity index (χ0) is 15.6. The highest BCUT2D eigenvalue weighted by Gasteiger charge is 2.43. The molecule has 1 fully saturated rings. The molecule has 6 nitrogen and oxygen atoms in total. The molecule has 0 bridgehead atoms. The van der Waals surface area contributed by atoms with Crippen molar-refractivity contribution >= 4 is 27.3 Å². The van der Waals surface area contributed by atoms with Crippen molar-refractivity contribution in [3.8, 4) is 0 Å². The highest BCUT2D eigenvalue weighted by molar-refractivity contribution is 7.89. The Kier molecular flexibility index (Phi) is 5.00. The Bertz CT molecular complexity index is 611. The first-order valence-corrected chi connectivity index (χ1v) is 9.12. The zero-order valence-corrected chi connectivity index (χ0v) is 14.0. The SMILES string of the molecule is COC(=O)C1CCCC1S(=O)(=O)N(C)Cc1cnc(C)s1. The Morgan fingerprint density at radius 1 is 1.52 bits per heavy atom. The quantitative estimate of drug-likeness (QED) is 0.765. The zero-order valence-electron chi connectivity index (χ0n) is 12.4. The van der Waals surface area contributed by atoms with Crippen molar-refractivity contribution in [2.24, 2.45) is 5.92 Å². The molecule has 21 heavy (non-hydrogen) atoms. The van der Waals surface area contributed by atoms with Crippen molar-refractivity contribution in [2.75, 3.05) is 14.2 Å². The van der Waals surface area contributed by atoms with Crippen molar-refractivity contribution in [3.63, 3.8) is 0 Å². The Morgan fingerprint density at radius 2 is 2.24 bits per heavy atom. The predicted molar refractivity (Wildman–Crippen MR) is 80.4 cm³/mol. The molecule has 0 aromatic carbocycles. The van der Waals surface area contributed by atoms with Crippen LogP contribution in [0.15, 0.2) is 6.20 Å². The summed E-state index contributed by atoms with van der Waals surface area (Å²) in [6, 6.07) is 0. The summed E-state index contributed by atoms with van der Waals surface area (Å²) < 4.78 is 31.4. The molecule has 0 aliphatic heterocycles. The van der Waals surface area contributed by atoms with Crippen LogP contribution in [0.5, 0.6) is 0 Å². The van der Waals surface area contributed by atoms with Crippen LogP contribution >= 0.6 is 11.3 Å². The van der Waals surface area contributed by atoms with Gasteiger partial charge in [0.1, 0.15) is 0 Å². The Hall–Kier alpha value is -0.990. The number of thiazole rings is 1. The lowest BCUT2D eigenvalue weighted by molar-refractivity contribution is -0.145. The molecular weight excluding hydrogens is 312 g/mol. The number of hydrogen-bond donors (Lipinski definition) is 0. The fourth-order valence-corrected chi connectivity index (χ4v) is 5.56. The van der Waals surface area contributed by atoms with Crippen LogP contribution in [0.1, 0.15) is 29.1 Å². The summed E-state index contributed by atoms with van der Waals surface area (Å²) >= 11 is 1.48. The van der Waals surface area contributed by atoms with Crippen LogP contribution in [0.3, 0.4) is 0 Å². The Balaban J connectivity index is 2.14. The van der Waals surface area contributed by atoms with Gasteiger partial charge in [-0.2, -0.15) is 4.31 Å². The van der Waals surface area contributed by atoms with Gasteiger partial charge in [0.2, 0.25) is 10.0 Å². The van der Waals surface area contributed by atoms with E-state index in [0.717, 1.165) is 16.3 Å². The van der Waals surface area contributed by atoms with E-state index in [1.807, 2.05) is 6.92 Å². The van der Waals surface area contributed by atoms with Crippen LogP contribution < -0.4 is 0 Å². The van der Waals surface area contributed by atoms with E-state index in [2.05, 4.69) is 4.98 Å². The summed E-state index contributed by atoms with van der Waals surface area (Å²) in [5.74, 6) is -0.978. The van der Waals surface area contributed by atoms with E-state index in [1.165, 1.54) is 22.8 Å². The van der Waals surface area contributed by atoms with Gasteiger partial charge in [0, 0.05) is 24.7 Å². The maximum absolute atomic E-state index is 12.7. The Morgan fingerprint density at radius 3 is 2.81 bits per heavy atom. The van der Waals surface area contributed by atoms with Gasteiger partial charge in [-0.1, -0.05) is 6.42 Å². The van der Waals surface area contributed by atoms with Gasteiger partial charge in [-0.15, -0.1) is 11.3 Å². The van der Waals surface area contributed by atoms with Gasteiger partial charge in [-0.3, -0.25) is 4.79 Å². The minimum atomic E-state index is -3.52. The second-order valence-corrected chi connectivity index (χ2v) is 8.82. The van der Waals surface area contributed by atoms with Gasteiger partial charge < -0.3 is 4.74 Å². The van der Waals surface area contributed by atoms with Crippen molar-refractivity contribution in [2.45, 2.75) is 38.0 Å². The van der Waals surface area contributed by atoms with Gasteiger partial charge in [0.25, 0.3) is 0 Å². The fraction of sp³-hybridized carbons (Fsp3) is 0.692. The third kappa shape index (κ3) is 3.44. The standard InChI is InChI=1S/C13H20N2O4S2/c1-9-14-7-10(20-9)8-15(2)21(17,18)12-6-4-5-11(12)13(16)19-3/h7,11-12H,4-6,8H2,1-3H3. The van der Waals surface area contributed by atoms with E-state index in [-0.39, 0.29) is 6.54 Å². The van der Waals surface area contributed by atoms with Crippen LogP contribution in [0, 0.1) is 12.8 Å². The molecule has 0 radical (unpaired) electrons. The molecule has 2 atom stereocenters. The number of sulfonamides is 1. The molecule has 1 aromatic rings. The maximum Gasteiger partial charge on any atom is 0.310 e. The number of ether oxygens (including phenoxy) is 1. The lowest BCUT2D eigenvalue weighted by atomic mass is 10.1. The number of aryl methyl sites for hydroxylation is 1. The van der Waals surface area contributed by atoms with Gasteiger partial charge in [-0.05, 0) is 19.8 Å². The first kappa shape index (κ1) is 16.4. The molecule has 2 rings (SSSR count). The second-order valence-electron chi connectivity index (χ2n) is 5.25. The molecule has 0 spiro atoms. The number of carbonyl (C=O) groups is 1. The first-order valence-electron chi connectivity index (χ1n) is 6.80. The van der Waals surface area contributed by atoms with Crippen molar-refractivity contribution < 1.29 is 17.9 Å². The van der Waals surface area contributed by atoms with Crippen molar-refractivity contribution in [1.82, 2.24) is 9.29 Å². The topological polar surface area (TPSA) is 76.6 Å². The molecule has 118 valence electrons. The van der Waals surface area contributed by atoms with Crippen LogP contribution in [0.25, 0.3) is 0 Å². The summed E-state index contributed by atoms with van der Waals surface area (Å²) in [6.45, 7) is 2.17. The van der Waals surface area contributed by atoms with Gasteiger partial charge in [0.05, 0.1) is 23.3 Å². The van der Waals surface area contributed by atoms with E-state index in [1.54, 1.807) is 13.2 Å². The van der Waals surface area contributed by atoms with E-state index >= 15 is 0 Å².